The third kappa shape index (κ3) is 3.91. The first-order valence-corrected chi connectivity index (χ1v) is 14.0. The first kappa shape index (κ1) is 24.0. The van der Waals surface area contributed by atoms with Gasteiger partial charge in [0.25, 0.3) is 0 Å². The van der Waals surface area contributed by atoms with E-state index in [-0.39, 0.29) is 41.4 Å². The maximum absolute atomic E-state index is 13.3. The standard InChI is InChI=1S/C27H35Cl2N3O3/c1-14-18-11-19(22(14)15(2)33)24-23(18)26(34)32(27(24)35)13-17-10-16(17)12-30-6-8-31(9-7-30)21-5-3-4-20(28)25(21)29/h3-5,14-19,22-24,33H,6-13H2,1-2H3/t14?,15?,16-,17-,18?,19?,22?,23?,24?/m1/s1. The van der Waals surface area contributed by atoms with Crippen molar-refractivity contribution in [1.82, 2.24) is 9.80 Å². The summed E-state index contributed by atoms with van der Waals surface area (Å²) in [5.74, 6) is 1.64. The fourth-order valence-electron chi connectivity index (χ4n) is 8.10. The lowest BCUT2D eigenvalue weighted by molar-refractivity contribution is -0.141. The molecule has 5 fully saturated rings. The van der Waals surface area contributed by atoms with Crippen molar-refractivity contribution in [3.63, 3.8) is 0 Å². The number of anilines is 1. The summed E-state index contributed by atoms with van der Waals surface area (Å²) in [6.07, 6.45) is 1.60. The average molecular weight is 521 g/mol. The van der Waals surface area contributed by atoms with Gasteiger partial charge < -0.3 is 10.0 Å². The van der Waals surface area contributed by atoms with Crippen LogP contribution in [-0.4, -0.2) is 72.1 Å². The summed E-state index contributed by atoms with van der Waals surface area (Å²) in [7, 11) is 0. The Labute approximate surface area is 217 Å². The third-order valence-electron chi connectivity index (χ3n) is 9.91. The van der Waals surface area contributed by atoms with Crippen LogP contribution in [0.5, 0.6) is 0 Å². The molecule has 3 saturated carbocycles. The first-order valence-electron chi connectivity index (χ1n) is 13.2. The fraction of sp³-hybridized carbons (Fsp3) is 0.704. The molecule has 190 valence electrons. The number of hydrogen-bond donors (Lipinski definition) is 1. The van der Waals surface area contributed by atoms with Crippen molar-refractivity contribution in [3.05, 3.63) is 28.2 Å². The molecule has 9 atom stereocenters. The van der Waals surface area contributed by atoms with Crippen LogP contribution >= 0.6 is 23.2 Å². The van der Waals surface area contributed by atoms with Gasteiger partial charge in [0.2, 0.25) is 11.8 Å². The molecule has 6 rings (SSSR count). The topological polar surface area (TPSA) is 64.1 Å². The molecular formula is C27H35Cl2N3O3. The van der Waals surface area contributed by atoms with Crippen LogP contribution < -0.4 is 4.90 Å². The maximum Gasteiger partial charge on any atom is 0.233 e. The normalized spacial score (nSPS) is 39.5. The van der Waals surface area contributed by atoms with Gasteiger partial charge in [0.15, 0.2) is 0 Å². The van der Waals surface area contributed by atoms with E-state index in [4.69, 9.17) is 23.2 Å². The summed E-state index contributed by atoms with van der Waals surface area (Å²) in [5.41, 5.74) is 1.00. The van der Waals surface area contributed by atoms with Crippen LogP contribution in [0.25, 0.3) is 0 Å². The third-order valence-corrected chi connectivity index (χ3v) is 10.7. The molecule has 1 aromatic rings. The molecule has 1 aromatic carbocycles. The van der Waals surface area contributed by atoms with Gasteiger partial charge in [-0.25, -0.2) is 0 Å². The van der Waals surface area contributed by atoms with Crippen molar-refractivity contribution in [1.29, 1.82) is 0 Å². The van der Waals surface area contributed by atoms with Crippen molar-refractivity contribution < 1.29 is 14.7 Å². The molecule has 1 N–H and O–H groups in total. The van der Waals surface area contributed by atoms with Crippen LogP contribution in [-0.2, 0) is 9.59 Å². The number of halogens is 2. The van der Waals surface area contributed by atoms with Crippen molar-refractivity contribution >= 4 is 40.7 Å². The molecule has 35 heavy (non-hydrogen) atoms. The molecule has 0 spiro atoms. The average Bonchev–Trinajstić information content (AvgIpc) is 3.18. The zero-order valence-electron chi connectivity index (χ0n) is 20.4. The predicted octanol–water partition coefficient (Wildman–Crippen LogP) is 3.64. The van der Waals surface area contributed by atoms with Gasteiger partial charge in [0.05, 0.1) is 33.7 Å². The molecule has 6 nitrogen and oxygen atoms in total. The minimum absolute atomic E-state index is 0.0442. The number of piperazine rings is 1. The highest BCUT2D eigenvalue weighted by atomic mass is 35.5. The monoisotopic (exact) mass is 519 g/mol. The molecular weight excluding hydrogens is 485 g/mol. The van der Waals surface area contributed by atoms with Crippen molar-refractivity contribution in [3.8, 4) is 0 Å². The molecule has 2 bridgehead atoms. The highest BCUT2D eigenvalue weighted by molar-refractivity contribution is 6.43. The Balaban J connectivity index is 1.02. The Kier molecular flexibility index (Phi) is 6.11. The molecule has 2 amide bonds. The largest absolute Gasteiger partial charge is 0.393 e. The van der Waals surface area contributed by atoms with Gasteiger partial charge in [-0.2, -0.15) is 0 Å². The number of hydrogen-bond acceptors (Lipinski definition) is 5. The zero-order valence-corrected chi connectivity index (χ0v) is 22.0. The van der Waals surface area contributed by atoms with E-state index < -0.39 is 6.10 Å². The maximum atomic E-state index is 13.3. The number of fused-ring (bicyclic) bond motifs is 5. The summed E-state index contributed by atoms with van der Waals surface area (Å²) < 4.78 is 0. The second-order valence-corrected chi connectivity index (χ2v) is 12.5. The number of nitrogens with zero attached hydrogens (tertiary/aromatic N) is 3. The second-order valence-electron chi connectivity index (χ2n) is 11.7. The lowest BCUT2D eigenvalue weighted by Crippen LogP contribution is -2.47. The molecule has 2 heterocycles. The number of aliphatic hydroxyl groups is 1. The number of carbonyl (C=O) groups is 2. The molecule has 0 aromatic heterocycles. The Bertz CT molecular complexity index is 1030. The number of carbonyl (C=O) groups excluding carboxylic acids is 2. The summed E-state index contributed by atoms with van der Waals surface area (Å²) >= 11 is 12.6. The van der Waals surface area contributed by atoms with E-state index in [1.807, 2.05) is 25.1 Å². The van der Waals surface area contributed by atoms with E-state index in [0.29, 0.717) is 34.3 Å². The van der Waals surface area contributed by atoms with Gasteiger partial charge in [-0.3, -0.25) is 19.4 Å². The molecule has 7 unspecified atom stereocenters. The Morgan fingerprint density at radius 1 is 0.971 bits per heavy atom. The Hall–Kier alpha value is -1.34. The van der Waals surface area contributed by atoms with Gasteiger partial charge in [-0.05, 0) is 67.4 Å². The fourth-order valence-corrected chi connectivity index (χ4v) is 8.52. The highest BCUT2D eigenvalue weighted by Crippen LogP contribution is 2.62. The summed E-state index contributed by atoms with van der Waals surface area (Å²) in [6.45, 7) is 9.38. The lowest BCUT2D eigenvalue weighted by atomic mass is 9.68. The van der Waals surface area contributed by atoms with Crippen LogP contribution in [0.4, 0.5) is 5.69 Å². The van der Waals surface area contributed by atoms with E-state index in [1.54, 1.807) is 4.90 Å². The predicted molar refractivity (Wildman–Crippen MR) is 136 cm³/mol. The zero-order chi connectivity index (χ0) is 24.6. The van der Waals surface area contributed by atoms with Gasteiger partial charge in [0, 0.05) is 39.3 Å². The number of rotatable bonds is 6. The summed E-state index contributed by atoms with van der Waals surface area (Å²) in [6, 6.07) is 5.78. The molecule has 2 saturated heterocycles. The van der Waals surface area contributed by atoms with E-state index in [1.165, 1.54) is 0 Å². The first-order chi connectivity index (χ1) is 16.8. The van der Waals surface area contributed by atoms with E-state index in [9.17, 15) is 14.7 Å². The van der Waals surface area contributed by atoms with Crippen molar-refractivity contribution in [2.75, 3.05) is 44.2 Å². The van der Waals surface area contributed by atoms with Gasteiger partial charge >= 0.3 is 0 Å². The molecule has 8 heteroatoms. The minimum atomic E-state index is -0.416. The highest BCUT2D eigenvalue weighted by Gasteiger charge is 2.67. The summed E-state index contributed by atoms with van der Waals surface area (Å²) in [4.78, 5) is 33.0. The smallest absolute Gasteiger partial charge is 0.233 e. The van der Waals surface area contributed by atoms with Gasteiger partial charge in [0.1, 0.15) is 0 Å². The molecule has 3 aliphatic carbocycles. The van der Waals surface area contributed by atoms with Crippen LogP contribution in [0.3, 0.4) is 0 Å². The SMILES string of the molecule is CC(O)C1C(C)C2CC1C1C(=O)N(C[C@H]3C[C@@H]3CN3CCN(c4cccc(Cl)c4Cl)CC3)C(=O)C21. The molecule has 0 radical (unpaired) electrons. The number of benzene rings is 1. The van der Waals surface area contributed by atoms with E-state index in [2.05, 4.69) is 16.7 Å². The lowest BCUT2D eigenvalue weighted by Gasteiger charge is -2.36. The molecule has 5 aliphatic rings. The minimum Gasteiger partial charge on any atom is -0.393 e. The molecule has 2 aliphatic heterocycles. The number of aliphatic hydroxyl groups excluding tert-OH is 1. The van der Waals surface area contributed by atoms with Crippen LogP contribution in [0.2, 0.25) is 10.0 Å². The van der Waals surface area contributed by atoms with Crippen LogP contribution in [0.15, 0.2) is 18.2 Å². The van der Waals surface area contributed by atoms with E-state index >= 15 is 0 Å². The van der Waals surface area contributed by atoms with Crippen molar-refractivity contribution in [2.24, 2.45) is 47.3 Å². The summed E-state index contributed by atoms with van der Waals surface area (Å²) in [5, 5.41) is 11.5. The Morgan fingerprint density at radius 3 is 2.31 bits per heavy atom. The van der Waals surface area contributed by atoms with Crippen LogP contribution in [0.1, 0.15) is 26.7 Å². The Morgan fingerprint density at radius 2 is 1.63 bits per heavy atom. The van der Waals surface area contributed by atoms with Crippen molar-refractivity contribution in [2.45, 2.75) is 32.8 Å². The van der Waals surface area contributed by atoms with E-state index in [0.717, 1.165) is 51.3 Å². The quantitative estimate of drug-likeness (QED) is 0.581. The second kappa shape index (κ2) is 8.90. The van der Waals surface area contributed by atoms with Crippen LogP contribution in [0, 0.1) is 47.3 Å². The number of amides is 2. The number of likely N-dealkylation sites (tertiary alicyclic amines) is 1. The van der Waals surface area contributed by atoms with Gasteiger partial charge in [-0.15, -0.1) is 0 Å². The number of imide groups is 1. The van der Waals surface area contributed by atoms with Gasteiger partial charge in [-0.1, -0.05) is 36.2 Å².